The highest BCUT2D eigenvalue weighted by Crippen LogP contribution is 2.52. The van der Waals surface area contributed by atoms with Gasteiger partial charge in [-0.25, -0.2) is 0 Å². The van der Waals surface area contributed by atoms with Crippen molar-refractivity contribution in [3.05, 3.63) is 53.1 Å². The molecule has 4 nitrogen and oxygen atoms in total. The highest BCUT2D eigenvalue weighted by Gasteiger charge is 2.50. The maximum Gasteiger partial charge on any atom is 0.311 e. The Labute approximate surface area is 161 Å². The smallest absolute Gasteiger partial charge is 0.311 e. The van der Waals surface area contributed by atoms with Gasteiger partial charge in [-0.05, 0) is 54.9 Å². The van der Waals surface area contributed by atoms with Crippen LogP contribution in [0.3, 0.4) is 0 Å². The lowest BCUT2D eigenvalue weighted by Crippen LogP contribution is -2.38. The molecule has 0 aromatic heterocycles. The number of ether oxygens (including phenoxy) is 2. The Morgan fingerprint density at radius 1 is 1.30 bits per heavy atom. The number of fused-ring (bicyclic) bond motifs is 2. The number of carbonyl (C=O) groups is 1. The molecule has 1 N–H and O–H groups in total. The molecule has 1 heterocycles. The molecule has 0 amide bonds. The normalized spacial score (nSPS) is 32.1. The number of esters is 1. The molecule has 4 heteroatoms. The fourth-order valence-corrected chi connectivity index (χ4v) is 4.98. The highest BCUT2D eigenvalue weighted by atomic mass is 16.6. The number of allylic oxidation sites excluding steroid dienone is 3. The Kier molecular flexibility index (Phi) is 4.85. The third-order valence-electron chi connectivity index (χ3n) is 6.55. The van der Waals surface area contributed by atoms with Crippen molar-refractivity contribution in [1.29, 1.82) is 0 Å². The first kappa shape index (κ1) is 18.3. The summed E-state index contributed by atoms with van der Waals surface area (Å²) in [4.78, 5) is 12.5. The first-order valence-electron chi connectivity index (χ1n) is 9.94. The van der Waals surface area contributed by atoms with E-state index in [4.69, 9.17) is 9.47 Å². The van der Waals surface area contributed by atoms with Crippen LogP contribution in [0.25, 0.3) is 0 Å². The summed E-state index contributed by atoms with van der Waals surface area (Å²) in [5.74, 6) is 0.895. The summed E-state index contributed by atoms with van der Waals surface area (Å²) >= 11 is 0. The number of carbonyl (C=O) groups excluding carboxylic acids is 1. The Morgan fingerprint density at radius 2 is 2.07 bits per heavy atom. The van der Waals surface area contributed by atoms with Crippen LogP contribution in [0.15, 0.2) is 47.6 Å². The van der Waals surface area contributed by atoms with Gasteiger partial charge in [0.1, 0.15) is 11.9 Å². The maximum absolute atomic E-state index is 12.5. The lowest BCUT2D eigenvalue weighted by molar-refractivity contribution is -0.145. The number of hydrogen-bond donors (Lipinski definition) is 1. The zero-order valence-electron chi connectivity index (χ0n) is 16.5. The second-order valence-corrected chi connectivity index (χ2v) is 8.41. The van der Waals surface area contributed by atoms with Crippen LogP contribution in [0.4, 0.5) is 0 Å². The monoisotopic (exact) mass is 367 g/mol. The first-order valence-corrected chi connectivity index (χ1v) is 9.94. The Morgan fingerprint density at radius 3 is 2.81 bits per heavy atom. The van der Waals surface area contributed by atoms with E-state index >= 15 is 0 Å². The van der Waals surface area contributed by atoms with Crippen molar-refractivity contribution in [3.8, 4) is 5.75 Å². The van der Waals surface area contributed by atoms with Crippen molar-refractivity contribution < 1.29 is 14.3 Å². The summed E-state index contributed by atoms with van der Waals surface area (Å²) in [5.41, 5.74) is 4.16. The molecule has 0 bridgehead atoms. The number of nitrogens with one attached hydrogen (secondary N) is 1. The van der Waals surface area contributed by atoms with Crippen molar-refractivity contribution in [3.63, 3.8) is 0 Å². The van der Waals surface area contributed by atoms with E-state index in [1.54, 1.807) is 7.11 Å². The minimum Gasteiger partial charge on any atom is -0.497 e. The van der Waals surface area contributed by atoms with Crippen LogP contribution in [-0.2, 0) is 16.1 Å². The molecule has 1 fully saturated rings. The van der Waals surface area contributed by atoms with E-state index in [0.717, 1.165) is 31.6 Å². The van der Waals surface area contributed by atoms with Crippen LogP contribution in [0.2, 0.25) is 0 Å². The molecular formula is C23H29NO3. The maximum atomic E-state index is 12.5. The first-order chi connectivity index (χ1) is 13.0. The third-order valence-corrected chi connectivity index (χ3v) is 6.55. The minimum absolute atomic E-state index is 0.0323. The van der Waals surface area contributed by atoms with Crippen LogP contribution in [0.5, 0.6) is 5.75 Å². The molecule has 4 atom stereocenters. The van der Waals surface area contributed by atoms with Gasteiger partial charge in [0.2, 0.25) is 0 Å². The van der Waals surface area contributed by atoms with Gasteiger partial charge in [-0.3, -0.25) is 4.79 Å². The average Bonchev–Trinajstić information content (AvgIpc) is 2.95. The van der Waals surface area contributed by atoms with Crippen molar-refractivity contribution in [2.24, 2.45) is 17.3 Å². The average molecular weight is 367 g/mol. The van der Waals surface area contributed by atoms with Gasteiger partial charge in [-0.2, -0.15) is 0 Å². The predicted molar refractivity (Wildman–Crippen MR) is 105 cm³/mol. The van der Waals surface area contributed by atoms with Gasteiger partial charge >= 0.3 is 5.97 Å². The number of methoxy groups -OCH3 is 1. The SMILES string of the molecule is COc1ccc(CNC[C@@H]2C(=O)O[C@@H]3C[C@@]4(C)CCC=C(C)C4=C[C@H]23)cc1. The van der Waals surface area contributed by atoms with Gasteiger partial charge in [0.15, 0.2) is 0 Å². The zero-order valence-corrected chi connectivity index (χ0v) is 16.5. The molecule has 1 aliphatic heterocycles. The second kappa shape index (κ2) is 7.16. The van der Waals surface area contributed by atoms with Gasteiger partial charge in [0.25, 0.3) is 0 Å². The van der Waals surface area contributed by atoms with E-state index in [9.17, 15) is 4.79 Å². The van der Waals surface area contributed by atoms with Gasteiger partial charge < -0.3 is 14.8 Å². The van der Waals surface area contributed by atoms with Crippen LogP contribution in [0.1, 0.15) is 38.7 Å². The highest BCUT2D eigenvalue weighted by molar-refractivity contribution is 5.76. The van der Waals surface area contributed by atoms with Crippen LogP contribution in [0, 0.1) is 17.3 Å². The molecule has 4 rings (SSSR count). The standard InChI is InChI=1S/C23H29NO3/c1-15-5-4-10-23(2)12-21-18(11-20(15)23)19(22(25)27-21)14-24-13-16-6-8-17(26-3)9-7-16/h5-9,11,18-19,21,24H,4,10,12-14H2,1-3H3/t18-,19+,21-,23-/m1/s1. The largest absolute Gasteiger partial charge is 0.497 e. The molecule has 1 aromatic carbocycles. The van der Waals surface area contributed by atoms with Gasteiger partial charge in [-0.1, -0.05) is 36.8 Å². The van der Waals surface area contributed by atoms with E-state index in [2.05, 4.69) is 31.3 Å². The molecule has 0 radical (unpaired) electrons. The molecule has 144 valence electrons. The topological polar surface area (TPSA) is 47.6 Å². The summed E-state index contributed by atoms with van der Waals surface area (Å²) in [6.45, 7) is 5.92. The summed E-state index contributed by atoms with van der Waals surface area (Å²) in [7, 11) is 1.67. The van der Waals surface area contributed by atoms with E-state index in [1.807, 2.05) is 24.3 Å². The Hall–Kier alpha value is -2.07. The minimum atomic E-state index is -0.0972. The van der Waals surface area contributed by atoms with E-state index in [1.165, 1.54) is 16.7 Å². The zero-order chi connectivity index (χ0) is 19.0. The van der Waals surface area contributed by atoms with Crippen molar-refractivity contribution in [2.75, 3.05) is 13.7 Å². The fourth-order valence-electron chi connectivity index (χ4n) is 4.98. The van der Waals surface area contributed by atoms with Crippen molar-refractivity contribution >= 4 is 5.97 Å². The summed E-state index contributed by atoms with van der Waals surface area (Å²) in [5, 5.41) is 3.45. The molecule has 1 aromatic rings. The van der Waals surface area contributed by atoms with Crippen LogP contribution < -0.4 is 10.1 Å². The molecule has 0 spiro atoms. The molecule has 27 heavy (non-hydrogen) atoms. The van der Waals surface area contributed by atoms with Crippen molar-refractivity contribution in [2.45, 2.75) is 45.8 Å². The van der Waals surface area contributed by atoms with Crippen LogP contribution in [-0.4, -0.2) is 25.7 Å². The van der Waals surface area contributed by atoms with Crippen molar-refractivity contribution in [1.82, 2.24) is 5.32 Å². The van der Waals surface area contributed by atoms with Crippen LogP contribution >= 0.6 is 0 Å². The van der Waals surface area contributed by atoms with Gasteiger partial charge in [0.05, 0.1) is 13.0 Å². The van der Waals surface area contributed by atoms with Gasteiger partial charge in [-0.15, -0.1) is 0 Å². The summed E-state index contributed by atoms with van der Waals surface area (Å²) in [6, 6.07) is 8.01. The molecule has 2 aliphatic carbocycles. The third kappa shape index (κ3) is 3.43. The lowest BCUT2D eigenvalue weighted by Gasteiger charge is -2.42. The summed E-state index contributed by atoms with van der Waals surface area (Å²) in [6.07, 6.45) is 7.95. The number of benzene rings is 1. The molecular weight excluding hydrogens is 338 g/mol. The molecule has 0 unspecified atom stereocenters. The van der Waals surface area contributed by atoms with E-state index in [-0.39, 0.29) is 29.3 Å². The molecule has 3 aliphatic rings. The Bertz CT molecular complexity index is 779. The number of rotatable bonds is 5. The quantitative estimate of drug-likeness (QED) is 0.799. The lowest BCUT2D eigenvalue weighted by atomic mass is 9.62. The number of hydrogen-bond acceptors (Lipinski definition) is 4. The van der Waals surface area contributed by atoms with E-state index < -0.39 is 0 Å². The van der Waals surface area contributed by atoms with E-state index in [0.29, 0.717) is 6.54 Å². The van der Waals surface area contributed by atoms with Gasteiger partial charge in [0, 0.05) is 19.0 Å². The fraction of sp³-hybridized carbons (Fsp3) is 0.522. The predicted octanol–water partition coefficient (Wildman–Crippen LogP) is 4.02. The second-order valence-electron chi connectivity index (χ2n) is 8.41. The summed E-state index contributed by atoms with van der Waals surface area (Å²) < 4.78 is 11.0. The molecule has 0 saturated carbocycles. The molecule has 1 saturated heterocycles. The Balaban J connectivity index is 1.44.